The fourth-order valence-corrected chi connectivity index (χ4v) is 3.76. The summed E-state index contributed by atoms with van der Waals surface area (Å²) >= 11 is 0. The summed E-state index contributed by atoms with van der Waals surface area (Å²) < 4.78 is 66.8. The lowest BCUT2D eigenvalue weighted by atomic mass is 10.1. The number of alkyl halides is 3. The molecule has 0 unspecified atom stereocenters. The molecule has 0 saturated carbocycles. The second-order valence-electron chi connectivity index (χ2n) is 6.88. The third-order valence-corrected chi connectivity index (χ3v) is 5.57. The van der Waals surface area contributed by atoms with Crippen LogP contribution in [0.5, 0.6) is 0 Å². The highest BCUT2D eigenvalue weighted by molar-refractivity contribution is 7.89. The predicted octanol–water partition coefficient (Wildman–Crippen LogP) is 3.71. The van der Waals surface area contributed by atoms with E-state index in [-0.39, 0.29) is 22.2 Å². The molecule has 0 aliphatic rings. The Morgan fingerprint density at radius 3 is 2.10 bits per heavy atom. The second-order valence-corrected chi connectivity index (χ2v) is 8.59. The minimum atomic E-state index is -4.66. The van der Waals surface area contributed by atoms with Crippen LogP contribution in [-0.2, 0) is 16.2 Å². The van der Waals surface area contributed by atoms with Crippen LogP contribution in [0.4, 0.5) is 24.5 Å². The van der Waals surface area contributed by atoms with E-state index < -0.39 is 27.7 Å². The van der Waals surface area contributed by atoms with Crippen LogP contribution in [0.25, 0.3) is 0 Å². The summed E-state index contributed by atoms with van der Waals surface area (Å²) in [5, 5.41) is 2.25. The van der Waals surface area contributed by atoms with E-state index in [9.17, 15) is 26.4 Å². The van der Waals surface area contributed by atoms with E-state index in [0.717, 1.165) is 6.07 Å². The molecule has 0 radical (unpaired) electrons. The topological polar surface area (TPSA) is 78.5 Å². The smallest absolute Gasteiger partial charge is 0.378 e. The third-order valence-electron chi connectivity index (χ3n) is 3.89. The molecule has 2 N–H and O–H groups in total. The Morgan fingerprint density at radius 1 is 1.03 bits per heavy atom. The van der Waals surface area contributed by atoms with Gasteiger partial charge < -0.3 is 10.2 Å². The van der Waals surface area contributed by atoms with Gasteiger partial charge in [-0.25, -0.2) is 13.1 Å². The molecule has 2 rings (SSSR count). The van der Waals surface area contributed by atoms with Gasteiger partial charge in [-0.1, -0.05) is 0 Å². The number of amides is 1. The van der Waals surface area contributed by atoms with Crippen molar-refractivity contribution < 1.29 is 26.4 Å². The summed E-state index contributed by atoms with van der Waals surface area (Å²) in [6, 6.07) is 8.20. The lowest BCUT2D eigenvalue weighted by Gasteiger charge is -2.18. The quantitative estimate of drug-likeness (QED) is 0.734. The largest absolute Gasteiger partial charge is 0.418 e. The molecule has 0 saturated heterocycles. The maximum atomic E-state index is 13.4. The minimum absolute atomic E-state index is 0.0262. The number of halogens is 3. The van der Waals surface area contributed by atoms with Crippen molar-refractivity contribution in [3.05, 3.63) is 53.6 Å². The number of nitrogens with one attached hydrogen (secondary N) is 2. The van der Waals surface area contributed by atoms with Gasteiger partial charge in [-0.2, -0.15) is 13.2 Å². The Labute approximate surface area is 167 Å². The molecule has 0 aliphatic heterocycles. The molecule has 10 heteroatoms. The van der Waals surface area contributed by atoms with Gasteiger partial charge in [0.1, 0.15) is 0 Å². The average molecular weight is 429 g/mol. The van der Waals surface area contributed by atoms with Crippen LogP contribution >= 0.6 is 0 Å². The summed E-state index contributed by atoms with van der Waals surface area (Å²) in [5.74, 6) is -0.783. The van der Waals surface area contributed by atoms with Gasteiger partial charge in [0, 0.05) is 31.4 Å². The maximum Gasteiger partial charge on any atom is 0.418 e. The van der Waals surface area contributed by atoms with Gasteiger partial charge in [-0.3, -0.25) is 4.79 Å². The van der Waals surface area contributed by atoms with Gasteiger partial charge in [0.05, 0.1) is 16.1 Å². The standard InChI is InChI=1S/C19H22F3N3O3S/c1-12(2)24-29(27,28)15-8-5-13(6-9-15)18(26)23-17-10-7-14(25(3)4)11-16(17)19(20,21)22/h5-12,24H,1-4H3,(H,23,26). The zero-order valence-corrected chi connectivity index (χ0v) is 17.1. The maximum absolute atomic E-state index is 13.4. The molecule has 158 valence electrons. The molecule has 0 spiro atoms. The first kappa shape index (κ1) is 22.7. The number of benzene rings is 2. The first-order valence-corrected chi connectivity index (χ1v) is 10.1. The van der Waals surface area contributed by atoms with Crippen molar-refractivity contribution in [2.75, 3.05) is 24.3 Å². The molecule has 0 aromatic heterocycles. The van der Waals surface area contributed by atoms with Gasteiger partial charge in [-0.05, 0) is 56.3 Å². The van der Waals surface area contributed by atoms with E-state index in [2.05, 4.69) is 10.0 Å². The summed E-state index contributed by atoms with van der Waals surface area (Å²) in [5.41, 5.74) is -0.996. The summed E-state index contributed by atoms with van der Waals surface area (Å²) in [4.78, 5) is 13.9. The molecule has 6 nitrogen and oxygen atoms in total. The molecule has 0 fully saturated rings. The van der Waals surface area contributed by atoms with Crippen molar-refractivity contribution >= 4 is 27.3 Å². The normalized spacial score (nSPS) is 12.1. The Kier molecular flexibility index (Phi) is 6.59. The molecule has 2 aromatic carbocycles. The van der Waals surface area contributed by atoms with Crippen LogP contribution in [0.15, 0.2) is 47.4 Å². The monoisotopic (exact) mass is 429 g/mol. The number of rotatable bonds is 6. The fraction of sp³-hybridized carbons (Fsp3) is 0.316. The highest BCUT2D eigenvalue weighted by atomic mass is 32.2. The first-order chi connectivity index (χ1) is 13.3. The van der Waals surface area contributed by atoms with Gasteiger partial charge in [-0.15, -0.1) is 0 Å². The van der Waals surface area contributed by atoms with Gasteiger partial charge in [0.25, 0.3) is 5.91 Å². The zero-order chi connectivity index (χ0) is 22.0. The second kappa shape index (κ2) is 8.42. The van der Waals surface area contributed by atoms with E-state index in [1.165, 1.54) is 41.3 Å². The molecule has 2 aromatic rings. The SMILES string of the molecule is CC(C)NS(=O)(=O)c1ccc(C(=O)Nc2ccc(N(C)C)cc2C(F)(F)F)cc1. The lowest BCUT2D eigenvalue weighted by molar-refractivity contribution is -0.136. The number of anilines is 2. The highest BCUT2D eigenvalue weighted by Gasteiger charge is 2.34. The van der Waals surface area contributed by atoms with E-state index in [1.54, 1.807) is 27.9 Å². The van der Waals surface area contributed by atoms with Crippen molar-refractivity contribution in [3.8, 4) is 0 Å². The zero-order valence-electron chi connectivity index (χ0n) is 16.3. The Balaban J connectivity index is 2.29. The average Bonchev–Trinajstić information content (AvgIpc) is 2.60. The Bertz CT molecular complexity index is 986. The number of carbonyl (C=O) groups is 1. The van der Waals surface area contributed by atoms with Crippen molar-refractivity contribution in [2.24, 2.45) is 0 Å². The third kappa shape index (κ3) is 5.70. The van der Waals surface area contributed by atoms with Crippen molar-refractivity contribution in [3.63, 3.8) is 0 Å². The van der Waals surface area contributed by atoms with E-state index >= 15 is 0 Å². The number of hydrogen-bond acceptors (Lipinski definition) is 4. The molecule has 0 aliphatic carbocycles. The van der Waals surface area contributed by atoms with Gasteiger partial charge in [0.15, 0.2) is 0 Å². The van der Waals surface area contributed by atoms with Crippen LogP contribution in [0, 0.1) is 0 Å². The number of hydrogen-bond donors (Lipinski definition) is 2. The van der Waals surface area contributed by atoms with Gasteiger partial charge in [0.2, 0.25) is 10.0 Å². The van der Waals surface area contributed by atoms with Crippen molar-refractivity contribution in [1.82, 2.24) is 4.72 Å². The number of sulfonamides is 1. The molecule has 1 amide bonds. The predicted molar refractivity (Wildman–Crippen MR) is 106 cm³/mol. The minimum Gasteiger partial charge on any atom is -0.378 e. The molecule has 29 heavy (non-hydrogen) atoms. The van der Waals surface area contributed by atoms with E-state index in [1.807, 2.05) is 0 Å². The van der Waals surface area contributed by atoms with Crippen molar-refractivity contribution in [1.29, 1.82) is 0 Å². The summed E-state index contributed by atoms with van der Waals surface area (Å²) in [6.45, 7) is 3.33. The number of carbonyl (C=O) groups excluding carboxylic acids is 1. The van der Waals surface area contributed by atoms with Crippen molar-refractivity contribution in [2.45, 2.75) is 31.0 Å². The Morgan fingerprint density at radius 2 is 1.62 bits per heavy atom. The van der Waals surface area contributed by atoms with E-state index in [4.69, 9.17) is 0 Å². The van der Waals surface area contributed by atoms with Crippen LogP contribution < -0.4 is 14.9 Å². The van der Waals surface area contributed by atoms with Crippen LogP contribution in [-0.4, -0.2) is 34.5 Å². The van der Waals surface area contributed by atoms with Crippen LogP contribution in [0.1, 0.15) is 29.8 Å². The first-order valence-electron chi connectivity index (χ1n) is 8.63. The van der Waals surface area contributed by atoms with Gasteiger partial charge >= 0.3 is 6.18 Å². The van der Waals surface area contributed by atoms with Crippen LogP contribution in [0.2, 0.25) is 0 Å². The molecule has 0 atom stereocenters. The van der Waals surface area contributed by atoms with E-state index in [0.29, 0.717) is 5.69 Å². The molecule has 0 heterocycles. The Hall–Kier alpha value is -2.59. The lowest BCUT2D eigenvalue weighted by Crippen LogP contribution is -2.30. The molecule has 0 bridgehead atoms. The summed E-state index contributed by atoms with van der Waals surface area (Å²) in [7, 11) is -0.518. The molecular formula is C19H22F3N3O3S. The highest BCUT2D eigenvalue weighted by Crippen LogP contribution is 2.37. The number of nitrogens with zero attached hydrogens (tertiary/aromatic N) is 1. The fourth-order valence-electron chi connectivity index (χ4n) is 2.51. The van der Waals surface area contributed by atoms with Crippen LogP contribution in [0.3, 0.4) is 0 Å². The summed E-state index contributed by atoms with van der Waals surface area (Å²) in [6.07, 6.45) is -4.66. The molecular weight excluding hydrogens is 407 g/mol.